The number of halogens is 1. The highest BCUT2D eigenvalue weighted by atomic mass is 35.5. The molecule has 1 amide bonds. The van der Waals surface area contributed by atoms with Gasteiger partial charge in [0.05, 0.1) is 12.0 Å². The molecular formula is C21H22ClN3O5. The van der Waals surface area contributed by atoms with E-state index in [2.05, 4.69) is 4.98 Å². The van der Waals surface area contributed by atoms with Crippen LogP contribution in [0.3, 0.4) is 0 Å². The van der Waals surface area contributed by atoms with Gasteiger partial charge in [0.2, 0.25) is 5.91 Å². The summed E-state index contributed by atoms with van der Waals surface area (Å²) in [7, 11) is 0. The summed E-state index contributed by atoms with van der Waals surface area (Å²) in [6.45, 7) is 3.02. The van der Waals surface area contributed by atoms with E-state index in [1.165, 1.54) is 16.8 Å². The molecule has 0 unspecified atom stereocenters. The van der Waals surface area contributed by atoms with Crippen molar-refractivity contribution in [3.8, 4) is 5.75 Å². The van der Waals surface area contributed by atoms with Gasteiger partial charge in [-0.05, 0) is 24.6 Å². The minimum Gasteiger partial charge on any atom is -0.486 e. The van der Waals surface area contributed by atoms with E-state index in [1.807, 2.05) is 6.92 Å². The third-order valence-corrected chi connectivity index (χ3v) is 6.27. The van der Waals surface area contributed by atoms with Crippen LogP contribution in [0.15, 0.2) is 34.0 Å². The van der Waals surface area contributed by atoms with Crippen LogP contribution >= 0.6 is 11.6 Å². The number of hydrogen-bond donors (Lipinski definition) is 1. The zero-order valence-electron chi connectivity index (χ0n) is 16.6. The van der Waals surface area contributed by atoms with Crippen molar-refractivity contribution >= 4 is 23.3 Å². The standard InChI is InChI=1S/C21H22ClN3O5/c1-13-10-17-14(11-15(13)22)16(26)12-21(30-17)4-8-24(9-5-21)19(28)3-7-25-6-2-18(27)23-20(25)29/h2,6,10-11H,3-5,7-9,12H2,1H3,(H,23,27,29). The number of piperidine rings is 1. The number of aryl methyl sites for hydroxylation is 2. The monoisotopic (exact) mass is 431 g/mol. The van der Waals surface area contributed by atoms with Crippen LogP contribution < -0.4 is 16.0 Å². The quantitative estimate of drug-likeness (QED) is 0.799. The van der Waals surface area contributed by atoms with E-state index in [9.17, 15) is 19.2 Å². The number of aromatic nitrogens is 2. The van der Waals surface area contributed by atoms with Crippen molar-refractivity contribution in [1.29, 1.82) is 0 Å². The lowest BCUT2D eigenvalue weighted by atomic mass is 9.82. The number of nitrogens with one attached hydrogen (secondary N) is 1. The van der Waals surface area contributed by atoms with Gasteiger partial charge in [0.15, 0.2) is 5.78 Å². The zero-order chi connectivity index (χ0) is 21.5. The summed E-state index contributed by atoms with van der Waals surface area (Å²) in [6, 6.07) is 4.72. The molecule has 0 bridgehead atoms. The molecule has 1 aromatic carbocycles. The van der Waals surface area contributed by atoms with Gasteiger partial charge in [0.25, 0.3) is 5.56 Å². The SMILES string of the molecule is Cc1cc2c(cc1Cl)C(=O)CC1(CCN(C(=O)CCn3ccc(=O)[nH]c3=O)CC1)O2. The van der Waals surface area contributed by atoms with Crippen LogP contribution in [0.2, 0.25) is 5.02 Å². The lowest BCUT2D eigenvalue weighted by molar-refractivity contribution is -0.135. The van der Waals surface area contributed by atoms with Crippen LogP contribution in [0.1, 0.15) is 41.6 Å². The number of fused-ring (bicyclic) bond motifs is 1. The predicted molar refractivity (Wildman–Crippen MR) is 110 cm³/mol. The summed E-state index contributed by atoms with van der Waals surface area (Å²) in [5.74, 6) is 0.494. The highest BCUT2D eigenvalue weighted by molar-refractivity contribution is 6.31. The summed E-state index contributed by atoms with van der Waals surface area (Å²) >= 11 is 6.14. The van der Waals surface area contributed by atoms with Crippen molar-refractivity contribution < 1.29 is 14.3 Å². The predicted octanol–water partition coefficient (Wildman–Crippen LogP) is 1.92. The number of carbonyl (C=O) groups is 2. The molecule has 158 valence electrons. The third-order valence-electron chi connectivity index (χ3n) is 5.86. The smallest absolute Gasteiger partial charge is 0.328 e. The van der Waals surface area contributed by atoms with E-state index in [4.69, 9.17) is 16.3 Å². The zero-order valence-corrected chi connectivity index (χ0v) is 17.3. The van der Waals surface area contributed by atoms with E-state index >= 15 is 0 Å². The Bertz CT molecular complexity index is 1130. The van der Waals surface area contributed by atoms with Gasteiger partial charge in [-0.25, -0.2) is 4.79 Å². The van der Waals surface area contributed by atoms with Gasteiger partial charge >= 0.3 is 5.69 Å². The van der Waals surface area contributed by atoms with Crippen LogP contribution in [0, 0.1) is 6.92 Å². The maximum absolute atomic E-state index is 12.7. The van der Waals surface area contributed by atoms with Gasteiger partial charge in [0.1, 0.15) is 11.4 Å². The Morgan fingerprint density at radius 2 is 1.97 bits per heavy atom. The number of ketones is 1. The summed E-state index contributed by atoms with van der Waals surface area (Å²) in [5, 5.41) is 0.545. The Kier molecular flexibility index (Phi) is 5.27. The van der Waals surface area contributed by atoms with Crippen molar-refractivity contribution in [2.24, 2.45) is 0 Å². The molecule has 0 aliphatic carbocycles. The van der Waals surface area contributed by atoms with Gasteiger partial charge < -0.3 is 14.2 Å². The van der Waals surface area contributed by atoms with E-state index in [-0.39, 0.29) is 31.1 Å². The molecule has 1 N–H and O–H groups in total. The number of aromatic amines is 1. The van der Waals surface area contributed by atoms with Gasteiger partial charge in [-0.15, -0.1) is 0 Å². The normalized spacial score (nSPS) is 17.5. The minimum absolute atomic E-state index is 0.00960. The van der Waals surface area contributed by atoms with E-state index < -0.39 is 16.9 Å². The number of ether oxygens (including phenoxy) is 1. The summed E-state index contributed by atoms with van der Waals surface area (Å²) in [6.07, 6.45) is 2.93. The molecule has 2 aliphatic rings. The molecule has 0 radical (unpaired) electrons. The maximum atomic E-state index is 12.7. The molecule has 3 heterocycles. The Morgan fingerprint density at radius 3 is 2.67 bits per heavy atom. The maximum Gasteiger partial charge on any atom is 0.328 e. The van der Waals surface area contributed by atoms with Crippen LogP contribution in [0.25, 0.3) is 0 Å². The van der Waals surface area contributed by atoms with Crippen LogP contribution in [-0.4, -0.2) is 44.8 Å². The van der Waals surface area contributed by atoms with Gasteiger partial charge in [-0.3, -0.25) is 19.4 Å². The Balaban J connectivity index is 1.39. The summed E-state index contributed by atoms with van der Waals surface area (Å²) < 4.78 is 7.56. The third kappa shape index (κ3) is 3.92. The number of amides is 1. The molecule has 8 nitrogen and oxygen atoms in total. The summed E-state index contributed by atoms with van der Waals surface area (Å²) in [5.41, 5.74) is -0.232. The first kappa shape index (κ1) is 20.4. The molecule has 2 aromatic rings. The lowest BCUT2D eigenvalue weighted by Gasteiger charge is -2.44. The molecule has 30 heavy (non-hydrogen) atoms. The average Bonchev–Trinajstić information content (AvgIpc) is 2.69. The van der Waals surface area contributed by atoms with E-state index in [0.717, 1.165) is 5.56 Å². The highest BCUT2D eigenvalue weighted by Gasteiger charge is 2.43. The van der Waals surface area contributed by atoms with Crippen molar-refractivity contribution in [2.45, 2.75) is 44.8 Å². The first-order valence-electron chi connectivity index (χ1n) is 9.86. The Morgan fingerprint density at radius 1 is 1.23 bits per heavy atom. The van der Waals surface area contributed by atoms with Crippen LogP contribution in [-0.2, 0) is 11.3 Å². The fourth-order valence-electron chi connectivity index (χ4n) is 4.05. The second-order valence-corrected chi connectivity index (χ2v) is 8.32. The molecule has 1 fully saturated rings. The highest BCUT2D eigenvalue weighted by Crippen LogP contribution is 2.41. The van der Waals surface area contributed by atoms with Gasteiger partial charge in [-0.1, -0.05) is 11.6 Å². The van der Waals surface area contributed by atoms with Crippen molar-refractivity contribution in [3.05, 3.63) is 61.4 Å². The van der Waals surface area contributed by atoms with E-state index in [0.29, 0.717) is 42.3 Å². The van der Waals surface area contributed by atoms with Crippen LogP contribution in [0.4, 0.5) is 0 Å². The largest absolute Gasteiger partial charge is 0.486 e. The van der Waals surface area contributed by atoms with Gasteiger partial charge in [-0.2, -0.15) is 0 Å². The van der Waals surface area contributed by atoms with Crippen molar-refractivity contribution in [3.63, 3.8) is 0 Å². The number of benzene rings is 1. The Labute approximate surface area is 177 Å². The molecule has 9 heteroatoms. The molecule has 0 saturated carbocycles. The number of hydrogen-bond acceptors (Lipinski definition) is 5. The first-order chi connectivity index (χ1) is 14.3. The van der Waals surface area contributed by atoms with Crippen LogP contribution in [0.5, 0.6) is 5.75 Å². The molecule has 0 atom stereocenters. The summed E-state index contributed by atoms with van der Waals surface area (Å²) in [4.78, 5) is 52.0. The molecule has 1 saturated heterocycles. The Hall–Kier alpha value is -2.87. The topological polar surface area (TPSA) is 101 Å². The second-order valence-electron chi connectivity index (χ2n) is 7.92. The number of nitrogens with zero attached hydrogens (tertiary/aromatic N) is 2. The lowest BCUT2D eigenvalue weighted by Crippen LogP contribution is -2.52. The number of likely N-dealkylation sites (tertiary alicyclic amines) is 1. The first-order valence-corrected chi connectivity index (χ1v) is 10.2. The fraction of sp³-hybridized carbons (Fsp3) is 0.429. The number of carbonyl (C=O) groups excluding carboxylic acids is 2. The number of rotatable bonds is 3. The molecule has 2 aliphatic heterocycles. The molecular weight excluding hydrogens is 410 g/mol. The number of H-pyrrole nitrogens is 1. The molecule has 1 aromatic heterocycles. The van der Waals surface area contributed by atoms with Gasteiger partial charge in [0, 0.05) is 56.2 Å². The minimum atomic E-state index is -0.600. The fourth-order valence-corrected chi connectivity index (χ4v) is 4.22. The van der Waals surface area contributed by atoms with E-state index in [1.54, 1.807) is 17.0 Å². The average molecular weight is 432 g/mol. The van der Waals surface area contributed by atoms with Crippen molar-refractivity contribution in [2.75, 3.05) is 13.1 Å². The molecule has 1 spiro atoms. The number of Topliss-reactive ketones (excluding diaryl/α,β-unsaturated/α-hetero) is 1. The second kappa shape index (κ2) is 7.75. The molecule has 4 rings (SSSR count). The van der Waals surface area contributed by atoms with Crippen molar-refractivity contribution in [1.82, 2.24) is 14.5 Å².